The Morgan fingerprint density at radius 2 is 1.88 bits per heavy atom. The highest BCUT2D eigenvalue weighted by Gasteiger charge is 2.40. The zero-order valence-electron chi connectivity index (χ0n) is 12.8. The average Bonchev–Trinajstić information content (AvgIpc) is 2.57. The molecule has 1 heterocycles. The second-order valence-corrected chi connectivity index (χ2v) is 7.80. The monoisotopic (exact) mass is 401 g/mol. The van der Waals surface area contributed by atoms with Gasteiger partial charge in [0.25, 0.3) is 11.1 Å². The molecule has 0 radical (unpaired) electrons. The van der Waals surface area contributed by atoms with Crippen LogP contribution in [0.4, 0.5) is 8.78 Å². The highest BCUT2D eigenvalue weighted by Crippen LogP contribution is 2.29. The smallest absolute Gasteiger partial charge is 0.371 e. The third kappa shape index (κ3) is 6.56. The number of morpholine rings is 1. The van der Waals surface area contributed by atoms with Crippen LogP contribution < -0.4 is 0 Å². The molecule has 0 aliphatic carbocycles. The fourth-order valence-corrected chi connectivity index (χ4v) is 3.60. The van der Waals surface area contributed by atoms with E-state index in [-0.39, 0.29) is 0 Å². The predicted octanol–water partition coefficient (Wildman–Crippen LogP) is 2.88. The molecule has 1 saturated heterocycles. The van der Waals surface area contributed by atoms with Crippen molar-refractivity contribution in [1.82, 2.24) is 4.31 Å². The van der Waals surface area contributed by atoms with Gasteiger partial charge in [0.1, 0.15) is 6.61 Å². The number of alkyl halides is 2. The average molecular weight is 401 g/mol. The Morgan fingerprint density at radius 3 is 2.50 bits per heavy atom. The summed E-state index contributed by atoms with van der Waals surface area (Å²) in [4.78, 5) is 5.68. The molecule has 1 aliphatic rings. The molecule has 1 fully saturated rings. The fraction of sp³-hybridized carbons (Fsp3) is 0.538. The highest BCUT2D eigenvalue weighted by atomic mass is 32.2. The summed E-state index contributed by atoms with van der Waals surface area (Å²) in [6, 6.07) is 7.31. The molecule has 0 N–H and O–H groups in total. The van der Waals surface area contributed by atoms with Crippen LogP contribution in [-0.2, 0) is 29.2 Å². The van der Waals surface area contributed by atoms with Gasteiger partial charge in [-0.2, -0.15) is 8.78 Å². The lowest BCUT2D eigenvalue weighted by atomic mass is 10.4. The molecule has 1 aromatic rings. The van der Waals surface area contributed by atoms with Crippen molar-refractivity contribution in [2.75, 3.05) is 40.0 Å². The number of rotatable bonds is 9. The van der Waals surface area contributed by atoms with Crippen molar-refractivity contribution in [3.63, 3.8) is 0 Å². The maximum atomic E-state index is 13.4. The van der Waals surface area contributed by atoms with Crippen LogP contribution in [0.2, 0.25) is 0 Å². The topological polar surface area (TPSA) is 57.2 Å². The zero-order chi connectivity index (χ0) is 17.4. The first kappa shape index (κ1) is 20.0. The van der Waals surface area contributed by atoms with Gasteiger partial charge in [-0.25, -0.2) is 13.4 Å². The van der Waals surface area contributed by atoms with Gasteiger partial charge in [-0.1, -0.05) is 0 Å². The standard InChI is InChI=1S/C13H17F2NO5S3/c1-18-21-24(17)13(14,15)10-20-23-12-4-2-11(3-5-12)22-16-6-8-19-9-7-16/h2-5H,6-10H2,1H3. The first-order valence-corrected chi connectivity index (χ1v) is 9.51. The summed E-state index contributed by atoms with van der Waals surface area (Å²) in [7, 11) is 1.00. The molecule has 1 unspecified atom stereocenters. The molecule has 24 heavy (non-hydrogen) atoms. The van der Waals surface area contributed by atoms with Crippen LogP contribution in [0.5, 0.6) is 0 Å². The van der Waals surface area contributed by atoms with E-state index in [0.29, 0.717) is 4.90 Å². The van der Waals surface area contributed by atoms with Crippen LogP contribution in [0.1, 0.15) is 0 Å². The minimum atomic E-state index is -3.66. The Bertz CT molecular complexity index is 529. The molecule has 1 aromatic carbocycles. The van der Waals surface area contributed by atoms with Gasteiger partial charge in [0.05, 0.1) is 20.3 Å². The van der Waals surface area contributed by atoms with Gasteiger partial charge in [0.15, 0.2) is 0 Å². The van der Waals surface area contributed by atoms with Crippen molar-refractivity contribution in [3.05, 3.63) is 24.3 Å². The fourth-order valence-electron chi connectivity index (χ4n) is 1.67. The van der Waals surface area contributed by atoms with Gasteiger partial charge in [-0.15, -0.1) is 4.33 Å². The molecule has 0 spiro atoms. The van der Waals surface area contributed by atoms with E-state index in [0.717, 1.165) is 50.4 Å². The summed E-state index contributed by atoms with van der Waals surface area (Å²) >= 11 is -0.502. The minimum Gasteiger partial charge on any atom is -0.379 e. The molecule has 136 valence electrons. The van der Waals surface area contributed by atoms with Crippen LogP contribution in [0.15, 0.2) is 34.1 Å². The van der Waals surface area contributed by atoms with Crippen molar-refractivity contribution in [1.29, 1.82) is 0 Å². The maximum absolute atomic E-state index is 13.4. The van der Waals surface area contributed by atoms with Gasteiger partial charge in [-0.05, 0) is 36.2 Å². The molecule has 0 bridgehead atoms. The molecule has 0 saturated carbocycles. The lowest BCUT2D eigenvalue weighted by Crippen LogP contribution is -2.30. The Kier molecular flexibility index (Phi) is 8.37. The van der Waals surface area contributed by atoms with E-state index in [4.69, 9.17) is 8.92 Å². The van der Waals surface area contributed by atoms with Crippen LogP contribution in [0.3, 0.4) is 0 Å². The van der Waals surface area contributed by atoms with Crippen molar-refractivity contribution in [2.24, 2.45) is 0 Å². The molecule has 11 heteroatoms. The second kappa shape index (κ2) is 10.0. The quantitative estimate of drug-likeness (QED) is 0.271. The molecular weight excluding hydrogens is 384 g/mol. The van der Waals surface area contributed by atoms with Crippen LogP contribution in [0, 0.1) is 0 Å². The van der Waals surface area contributed by atoms with Crippen LogP contribution in [-0.4, -0.2) is 53.8 Å². The summed E-state index contributed by atoms with van der Waals surface area (Å²) < 4.78 is 54.0. The molecule has 0 amide bonds. The predicted molar refractivity (Wildman–Crippen MR) is 87.7 cm³/mol. The number of nitrogens with zero attached hydrogens (tertiary/aromatic N) is 1. The van der Waals surface area contributed by atoms with Gasteiger partial charge in [-0.3, -0.25) is 0 Å². The summed E-state index contributed by atoms with van der Waals surface area (Å²) in [6.07, 6.45) is 0. The van der Waals surface area contributed by atoms with E-state index in [2.05, 4.69) is 13.5 Å². The molecule has 0 aromatic heterocycles. The van der Waals surface area contributed by atoms with Gasteiger partial charge in [0, 0.05) is 34.9 Å². The second-order valence-electron chi connectivity index (χ2n) is 4.56. The van der Waals surface area contributed by atoms with Crippen molar-refractivity contribution < 1.29 is 31.1 Å². The Morgan fingerprint density at radius 1 is 1.25 bits per heavy atom. The molecule has 2 rings (SSSR count). The minimum absolute atomic E-state index is 0.663. The molecule has 1 aliphatic heterocycles. The lowest BCUT2D eigenvalue weighted by Gasteiger charge is -2.25. The van der Waals surface area contributed by atoms with Crippen LogP contribution in [0.25, 0.3) is 0 Å². The normalized spacial score (nSPS) is 17.8. The first-order chi connectivity index (χ1) is 11.5. The molecule has 1 atom stereocenters. The number of hydrogen-bond acceptors (Lipinski definition) is 8. The van der Waals surface area contributed by atoms with Gasteiger partial charge in [0.2, 0.25) is 0 Å². The van der Waals surface area contributed by atoms with E-state index in [1.165, 1.54) is 0 Å². The van der Waals surface area contributed by atoms with E-state index < -0.39 is 22.9 Å². The Hall–Kier alpha value is -0.270. The molecule has 6 nitrogen and oxygen atoms in total. The summed E-state index contributed by atoms with van der Waals surface area (Å²) in [5.41, 5.74) is 0. The van der Waals surface area contributed by atoms with Crippen molar-refractivity contribution >= 4 is 35.1 Å². The van der Waals surface area contributed by atoms with Gasteiger partial charge >= 0.3 is 5.25 Å². The largest absolute Gasteiger partial charge is 0.379 e. The van der Waals surface area contributed by atoms with Crippen LogP contribution >= 0.6 is 24.0 Å². The SMILES string of the molecule is COOS(=O)C(F)(F)COSc1ccc(SN2CCOCC2)cc1. The maximum Gasteiger partial charge on any atom is 0.371 e. The number of hydrogen-bond donors (Lipinski definition) is 0. The zero-order valence-corrected chi connectivity index (χ0v) is 15.3. The summed E-state index contributed by atoms with van der Waals surface area (Å²) in [5.74, 6) is 0. The molecular formula is C13H17F2NO5S3. The lowest BCUT2D eigenvalue weighted by molar-refractivity contribution is -0.174. The summed E-state index contributed by atoms with van der Waals surface area (Å²) in [6.45, 7) is 2.10. The van der Waals surface area contributed by atoms with E-state index in [9.17, 15) is 13.0 Å². The van der Waals surface area contributed by atoms with Gasteiger partial charge < -0.3 is 8.92 Å². The third-order valence-electron chi connectivity index (χ3n) is 2.78. The number of benzene rings is 1. The van der Waals surface area contributed by atoms with E-state index >= 15 is 0 Å². The van der Waals surface area contributed by atoms with E-state index in [1.807, 2.05) is 12.1 Å². The number of halogens is 2. The Labute approximate surface area is 150 Å². The Balaban J connectivity index is 1.76. The third-order valence-corrected chi connectivity index (χ3v) is 5.46. The van der Waals surface area contributed by atoms with E-state index in [1.54, 1.807) is 24.1 Å². The first-order valence-electron chi connectivity index (χ1n) is 6.92. The summed E-state index contributed by atoms with van der Waals surface area (Å²) in [5, 5.41) is -3.66. The van der Waals surface area contributed by atoms with Crippen molar-refractivity contribution in [3.8, 4) is 0 Å². The van der Waals surface area contributed by atoms with Crippen molar-refractivity contribution in [2.45, 2.75) is 15.0 Å². The highest BCUT2D eigenvalue weighted by molar-refractivity contribution is 7.97. The number of ether oxygens (including phenoxy) is 1.